The molecule has 3 heteroatoms. The fourth-order valence-electron chi connectivity index (χ4n) is 1.76. The first-order valence-electron chi connectivity index (χ1n) is 5.53. The standard InChI is InChI=1S/C13H13NO2/c1-8-2-5-11-9(6-8)7-12(16-11)13(15)14-10-3-4-10/h2,5-7,10H,3-4H2,1H3,(H,14,15). The molecule has 0 aliphatic heterocycles. The molecule has 16 heavy (non-hydrogen) atoms. The van der Waals surface area contributed by atoms with Crippen LogP contribution >= 0.6 is 0 Å². The monoisotopic (exact) mass is 215 g/mol. The van der Waals surface area contributed by atoms with Gasteiger partial charge in [0.1, 0.15) is 5.58 Å². The van der Waals surface area contributed by atoms with Crippen LogP contribution in [-0.2, 0) is 0 Å². The van der Waals surface area contributed by atoms with Gasteiger partial charge in [-0.25, -0.2) is 0 Å². The Labute approximate surface area is 93.4 Å². The van der Waals surface area contributed by atoms with Gasteiger partial charge in [0.2, 0.25) is 0 Å². The predicted molar refractivity (Wildman–Crippen MR) is 61.4 cm³/mol. The van der Waals surface area contributed by atoms with Gasteiger partial charge in [0.05, 0.1) is 0 Å². The zero-order valence-corrected chi connectivity index (χ0v) is 9.12. The summed E-state index contributed by atoms with van der Waals surface area (Å²) in [6.07, 6.45) is 2.18. The Bertz CT molecular complexity index is 552. The molecule has 1 saturated carbocycles. The van der Waals surface area contributed by atoms with Crippen molar-refractivity contribution in [3.05, 3.63) is 35.6 Å². The number of aryl methyl sites for hydroxylation is 1. The van der Waals surface area contributed by atoms with E-state index in [2.05, 4.69) is 5.32 Å². The van der Waals surface area contributed by atoms with Crippen LogP contribution in [-0.4, -0.2) is 11.9 Å². The molecule has 0 saturated heterocycles. The Morgan fingerprint density at radius 2 is 2.19 bits per heavy atom. The lowest BCUT2D eigenvalue weighted by Gasteiger charge is -1.97. The summed E-state index contributed by atoms with van der Waals surface area (Å²) >= 11 is 0. The molecule has 0 atom stereocenters. The van der Waals surface area contributed by atoms with Crippen molar-refractivity contribution >= 4 is 16.9 Å². The second kappa shape index (κ2) is 3.37. The van der Waals surface area contributed by atoms with Crippen molar-refractivity contribution in [1.29, 1.82) is 0 Å². The van der Waals surface area contributed by atoms with E-state index in [1.54, 1.807) is 6.07 Å². The van der Waals surface area contributed by atoms with Crippen LogP contribution in [0.15, 0.2) is 28.7 Å². The van der Waals surface area contributed by atoms with Crippen LogP contribution in [0.2, 0.25) is 0 Å². The molecule has 82 valence electrons. The molecule has 2 aromatic rings. The minimum absolute atomic E-state index is 0.101. The largest absolute Gasteiger partial charge is 0.451 e. The predicted octanol–water partition coefficient (Wildman–Crippen LogP) is 2.63. The summed E-state index contributed by atoms with van der Waals surface area (Å²) in [5.41, 5.74) is 1.94. The summed E-state index contributed by atoms with van der Waals surface area (Å²) in [5, 5.41) is 3.90. The number of amides is 1. The highest BCUT2D eigenvalue weighted by Gasteiger charge is 2.25. The zero-order chi connectivity index (χ0) is 11.1. The maximum absolute atomic E-state index is 11.7. The van der Waals surface area contributed by atoms with Gasteiger partial charge < -0.3 is 9.73 Å². The number of fused-ring (bicyclic) bond motifs is 1. The molecular weight excluding hydrogens is 202 g/mol. The summed E-state index contributed by atoms with van der Waals surface area (Å²) in [7, 11) is 0. The molecule has 1 N–H and O–H groups in total. The van der Waals surface area contributed by atoms with Crippen molar-refractivity contribution in [1.82, 2.24) is 5.32 Å². The third kappa shape index (κ3) is 1.69. The Morgan fingerprint density at radius 3 is 2.94 bits per heavy atom. The number of nitrogens with one attached hydrogen (secondary N) is 1. The van der Waals surface area contributed by atoms with Crippen molar-refractivity contribution in [3.63, 3.8) is 0 Å². The third-order valence-corrected chi connectivity index (χ3v) is 2.81. The number of hydrogen-bond donors (Lipinski definition) is 1. The molecule has 1 heterocycles. The van der Waals surface area contributed by atoms with Crippen LogP contribution in [0.25, 0.3) is 11.0 Å². The number of benzene rings is 1. The molecule has 1 aromatic carbocycles. The van der Waals surface area contributed by atoms with Gasteiger partial charge in [0.25, 0.3) is 5.91 Å². The quantitative estimate of drug-likeness (QED) is 0.836. The lowest BCUT2D eigenvalue weighted by atomic mass is 10.2. The summed E-state index contributed by atoms with van der Waals surface area (Å²) in [6, 6.07) is 8.07. The Balaban J connectivity index is 1.94. The van der Waals surface area contributed by atoms with Crippen LogP contribution in [0.1, 0.15) is 29.0 Å². The third-order valence-electron chi connectivity index (χ3n) is 2.81. The van der Waals surface area contributed by atoms with Gasteiger partial charge in [-0.15, -0.1) is 0 Å². The van der Waals surface area contributed by atoms with Crippen LogP contribution < -0.4 is 5.32 Å². The van der Waals surface area contributed by atoms with Crippen LogP contribution in [0.4, 0.5) is 0 Å². The lowest BCUT2D eigenvalue weighted by molar-refractivity contribution is 0.0925. The summed E-state index contributed by atoms with van der Waals surface area (Å²) in [5.74, 6) is 0.309. The van der Waals surface area contributed by atoms with E-state index in [0.29, 0.717) is 11.8 Å². The number of carbonyl (C=O) groups is 1. The van der Waals surface area contributed by atoms with Crippen molar-refractivity contribution in [2.75, 3.05) is 0 Å². The van der Waals surface area contributed by atoms with Crippen molar-refractivity contribution in [2.24, 2.45) is 0 Å². The van der Waals surface area contributed by atoms with E-state index in [1.807, 2.05) is 25.1 Å². The van der Waals surface area contributed by atoms with Gasteiger partial charge in [-0.3, -0.25) is 4.79 Å². The number of carbonyl (C=O) groups excluding carboxylic acids is 1. The zero-order valence-electron chi connectivity index (χ0n) is 9.12. The maximum atomic E-state index is 11.7. The van der Waals surface area contributed by atoms with Crippen molar-refractivity contribution in [2.45, 2.75) is 25.8 Å². The molecule has 0 unspecified atom stereocenters. The Kier molecular flexibility index (Phi) is 1.99. The summed E-state index contributed by atoms with van der Waals surface area (Å²) < 4.78 is 5.50. The summed E-state index contributed by atoms with van der Waals surface area (Å²) in [6.45, 7) is 2.02. The van der Waals surface area contributed by atoms with Gasteiger partial charge in [-0.1, -0.05) is 11.6 Å². The molecule has 1 amide bonds. The van der Waals surface area contributed by atoms with Gasteiger partial charge in [-0.05, 0) is 38.0 Å². The molecule has 3 nitrogen and oxygen atoms in total. The van der Waals surface area contributed by atoms with E-state index in [-0.39, 0.29) is 5.91 Å². The van der Waals surface area contributed by atoms with E-state index in [1.165, 1.54) is 5.56 Å². The molecule has 3 rings (SSSR count). The van der Waals surface area contributed by atoms with E-state index >= 15 is 0 Å². The molecule has 0 spiro atoms. The molecule has 1 aliphatic carbocycles. The maximum Gasteiger partial charge on any atom is 0.287 e. The fraction of sp³-hybridized carbons (Fsp3) is 0.308. The van der Waals surface area contributed by atoms with E-state index in [9.17, 15) is 4.79 Å². The SMILES string of the molecule is Cc1ccc2oc(C(=O)NC3CC3)cc2c1. The van der Waals surface area contributed by atoms with Gasteiger partial charge in [0.15, 0.2) is 5.76 Å². The highest BCUT2D eigenvalue weighted by atomic mass is 16.3. The molecule has 0 radical (unpaired) electrons. The topological polar surface area (TPSA) is 42.2 Å². The fourth-order valence-corrected chi connectivity index (χ4v) is 1.76. The minimum atomic E-state index is -0.101. The average Bonchev–Trinajstić information content (AvgIpc) is 2.95. The molecule has 1 aliphatic rings. The first-order chi connectivity index (χ1) is 7.72. The number of furan rings is 1. The number of hydrogen-bond acceptors (Lipinski definition) is 2. The average molecular weight is 215 g/mol. The van der Waals surface area contributed by atoms with E-state index < -0.39 is 0 Å². The minimum Gasteiger partial charge on any atom is -0.451 e. The normalized spacial score (nSPS) is 15.3. The van der Waals surface area contributed by atoms with E-state index in [0.717, 1.165) is 23.8 Å². The van der Waals surface area contributed by atoms with Crippen LogP contribution in [0, 0.1) is 6.92 Å². The van der Waals surface area contributed by atoms with Gasteiger partial charge in [-0.2, -0.15) is 0 Å². The first-order valence-corrected chi connectivity index (χ1v) is 5.53. The lowest BCUT2D eigenvalue weighted by Crippen LogP contribution is -2.24. The smallest absolute Gasteiger partial charge is 0.287 e. The highest BCUT2D eigenvalue weighted by Crippen LogP contribution is 2.23. The second-order valence-electron chi connectivity index (χ2n) is 4.40. The van der Waals surface area contributed by atoms with Crippen LogP contribution in [0.5, 0.6) is 0 Å². The Hall–Kier alpha value is -1.77. The Morgan fingerprint density at radius 1 is 1.38 bits per heavy atom. The number of rotatable bonds is 2. The van der Waals surface area contributed by atoms with Crippen LogP contribution in [0.3, 0.4) is 0 Å². The van der Waals surface area contributed by atoms with Crippen molar-refractivity contribution < 1.29 is 9.21 Å². The molecular formula is C13H13NO2. The van der Waals surface area contributed by atoms with Gasteiger partial charge in [0, 0.05) is 11.4 Å². The van der Waals surface area contributed by atoms with Gasteiger partial charge >= 0.3 is 0 Å². The summed E-state index contributed by atoms with van der Waals surface area (Å²) in [4.78, 5) is 11.7. The van der Waals surface area contributed by atoms with Crippen molar-refractivity contribution in [3.8, 4) is 0 Å². The highest BCUT2D eigenvalue weighted by molar-refractivity contribution is 5.96. The molecule has 1 aromatic heterocycles. The molecule has 0 bridgehead atoms. The molecule has 1 fully saturated rings. The van der Waals surface area contributed by atoms with E-state index in [4.69, 9.17) is 4.42 Å². The second-order valence-corrected chi connectivity index (χ2v) is 4.40. The first kappa shape index (κ1) is 9.46.